The van der Waals surface area contributed by atoms with Gasteiger partial charge in [-0.2, -0.15) is 4.98 Å². The maximum absolute atomic E-state index is 5.94. The van der Waals surface area contributed by atoms with Crippen molar-refractivity contribution in [3.05, 3.63) is 60.5 Å². The molecule has 0 bridgehead atoms. The minimum atomic E-state index is -0.0452. The second-order valence-electron chi connectivity index (χ2n) is 5.80. The molecule has 0 saturated heterocycles. The van der Waals surface area contributed by atoms with E-state index in [9.17, 15) is 0 Å². The van der Waals surface area contributed by atoms with E-state index in [1.165, 1.54) is 0 Å². The molecule has 0 aliphatic carbocycles. The fourth-order valence-electron chi connectivity index (χ4n) is 2.31. The topological polar surface area (TPSA) is 98.6 Å². The number of guanidine groups is 1. The molecular formula is C19H21N5O2. The largest absolute Gasteiger partial charge is 0.497 e. The summed E-state index contributed by atoms with van der Waals surface area (Å²) >= 11 is 0. The molecule has 0 saturated carbocycles. The Morgan fingerprint density at radius 2 is 1.92 bits per heavy atom. The van der Waals surface area contributed by atoms with Gasteiger partial charge in [-0.25, -0.2) is 0 Å². The summed E-state index contributed by atoms with van der Waals surface area (Å²) in [6.45, 7) is 2.40. The minimum absolute atomic E-state index is 0.0452. The summed E-state index contributed by atoms with van der Waals surface area (Å²) in [6.07, 6.45) is 0. The summed E-state index contributed by atoms with van der Waals surface area (Å²) in [5, 5.41) is 7.06. The van der Waals surface area contributed by atoms with Gasteiger partial charge in [-0.05, 0) is 24.3 Å². The first-order chi connectivity index (χ1) is 12.7. The zero-order chi connectivity index (χ0) is 18.4. The first kappa shape index (κ1) is 17.5. The molecule has 0 fully saturated rings. The molecule has 1 atom stereocenters. The van der Waals surface area contributed by atoms with Gasteiger partial charge in [-0.3, -0.25) is 4.99 Å². The molecule has 7 nitrogen and oxygen atoms in total. The van der Waals surface area contributed by atoms with Gasteiger partial charge in [0.25, 0.3) is 0 Å². The Kier molecular flexibility index (Phi) is 5.48. The molecule has 0 aliphatic rings. The molecule has 1 unspecified atom stereocenters. The van der Waals surface area contributed by atoms with Crippen LogP contribution in [-0.2, 0) is 0 Å². The van der Waals surface area contributed by atoms with E-state index in [2.05, 4.69) is 20.4 Å². The van der Waals surface area contributed by atoms with Gasteiger partial charge in [-0.1, -0.05) is 42.4 Å². The van der Waals surface area contributed by atoms with Crippen LogP contribution in [0.15, 0.2) is 64.1 Å². The Bertz CT molecular complexity index is 859. The molecule has 3 aromatic rings. The molecule has 7 heteroatoms. The second kappa shape index (κ2) is 8.15. The summed E-state index contributed by atoms with van der Waals surface area (Å²) in [5.74, 6) is 2.16. The van der Waals surface area contributed by atoms with Gasteiger partial charge in [0.1, 0.15) is 5.75 Å². The number of benzene rings is 2. The number of hydrogen-bond donors (Lipinski definition) is 2. The molecule has 1 aromatic heterocycles. The number of hydrogen-bond acceptors (Lipinski definition) is 5. The van der Waals surface area contributed by atoms with Gasteiger partial charge in [0.05, 0.1) is 19.6 Å². The van der Waals surface area contributed by atoms with Gasteiger partial charge in [0.15, 0.2) is 5.96 Å². The zero-order valence-corrected chi connectivity index (χ0v) is 14.7. The van der Waals surface area contributed by atoms with Crippen molar-refractivity contribution in [2.75, 3.05) is 19.0 Å². The van der Waals surface area contributed by atoms with E-state index in [4.69, 9.17) is 15.0 Å². The number of nitrogens with one attached hydrogen (secondary N) is 1. The van der Waals surface area contributed by atoms with E-state index >= 15 is 0 Å². The molecule has 0 spiro atoms. The van der Waals surface area contributed by atoms with Crippen LogP contribution in [0.3, 0.4) is 0 Å². The Balaban J connectivity index is 1.59. The van der Waals surface area contributed by atoms with E-state index in [0.29, 0.717) is 24.2 Å². The van der Waals surface area contributed by atoms with E-state index in [1.54, 1.807) is 7.11 Å². The van der Waals surface area contributed by atoms with Crippen molar-refractivity contribution in [3.8, 4) is 17.1 Å². The lowest BCUT2D eigenvalue weighted by Crippen LogP contribution is -2.23. The van der Waals surface area contributed by atoms with Gasteiger partial charge >= 0.3 is 0 Å². The Hall–Kier alpha value is -3.35. The van der Waals surface area contributed by atoms with Crippen molar-refractivity contribution in [2.45, 2.75) is 12.8 Å². The van der Waals surface area contributed by atoms with Gasteiger partial charge in [-0.15, -0.1) is 0 Å². The van der Waals surface area contributed by atoms with Gasteiger partial charge in [0, 0.05) is 11.3 Å². The summed E-state index contributed by atoms with van der Waals surface area (Å²) in [5.41, 5.74) is 7.69. The van der Waals surface area contributed by atoms with Crippen molar-refractivity contribution in [1.82, 2.24) is 10.1 Å². The van der Waals surface area contributed by atoms with Crippen LogP contribution in [0.1, 0.15) is 18.7 Å². The molecule has 2 aromatic carbocycles. The van der Waals surface area contributed by atoms with Crippen molar-refractivity contribution in [2.24, 2.45) is 10.7 Å². The zero-order valence-electron chi connectivity index (χ0n) is 14.7. The lowest BCUT2D eigenvalue weighted by atomic mass is 10.2. The normalized spacial score (nSPS) is 12.6. The van der Waals surface area contributed by atoms with Crippen LogP contribution < -0.4 is 15.8 Å². The maximum atomic E-state index is 5.94. The first-order valence-electron chi connectivity index (χ1n) is 8.25. The lowest BCUT2D eigenvalue weighted by molar-refractivity contribution is 0.361. The summed E-state index contributed by atoms with van der Waals surface area (Å²) in [4.78, 5) is 8.78. The number of aliphatic imine (C=N–C) groups is 1. The molecule has 0 amide bonds. The van der Waals surface area contributed by atoms with Crippen molar-refractivity contribution in [3.63, 3.8) is 0 Å². The molecule has 26 heavy (non-hydrogen) atoms. The number of ether oxygens (including phenoxy) is 1. The number of anilines is 1. The van der Waals surface area contributed by atoms with E-state index < -0.39 is 0 Å². The second-order valence-corrected chi connectivity index (χ2v) is 5.80. The predicted octanol–water partition coefficient (Wildman–Crippen LogP) is 3.28. The maximum Gasteiger partial charge on any atom is 0.231 e. The smallest absolute Gasteiger partial charge is 0.231 e. The van der Waals surface area contributed by atoms with E-state index in [-0.39, 0.29) is 5.92 Å². The lowest BCUT2D eigenvalue weighted by Gasteiger charge is -2.08. The Labute approximate surface area is 151 Å². The van der Waals surface area contributed by atoms with Crippen LogP contribution in [0.25, 0.3) is 11.4 Å². The highest BCUT2D eigenvalue weighted by Crippen LogP contribution is 2.20. The number of methoxy groups -OCH3 is 1. The highest BCUT2D eigenvalue weighted by atomic mass is 16.5. The van der Waals surface area contributed by atoms with Crippen LogP contribution in [0.2, 0.25) is 0 Å². The number of rotatable bonds is 6. The molecule has 134 valence electrons. The van der Waals surface area contributed by atoms with Crippen molar-refractivity contribution < 1.29 is 9.26 Å². The third kappa shape index (κ3) is 4.38. The fraction of sp³-hybridized carbons (Fsp3) is 0.211. The molecular weight excluding hydrogens is 330 g/mol. The third-order valence-electron chi connectivity index (χ3n) is 3.79. The molecule has 0 radical (unpaired) electrons. The number of nitrogens with two attached hydrogens (primary N) is 1. The molecule has 3 N–H and O–H groups in total. The van der Waals surface area contributed by atoms with E-state index in [0.717, 1.165) is 17.0 Å². The van der Waals surface area contributed by atoms with Crippen LogP contribution in [0.5, 0.6) is 5.75 Å². The Morgan fingerprint density at radius 3 is 2.62 bits per heavy atom. The average molecular weight is 351 g/mol. The first-order valence-corrected chi connectivity index (χ1v) is 8.25. The van der Waals surface area contributed by atoms with Crippen molar-refractivity contribution >= 4 is 11.6 Å². The van der Waals surface area contributed by atoms with Crippen LogP contribution >= 0.6 is 0 Å². The average Bonchev–Trinajstić information content (AvgIpc) is 3.18. The standard InChI is InChI=1S/C19H21N5O2/c1-13(18-23-17(24-26-18)14-6-4-3-5-7-14)12-21-19(20)22-15-8-10-16(25-2)11-9-15/h3-11,13H,12H2,1-2H3,(H3,20,21,22). The van der Waals surface area contributed by atoms with Crippen LogP contribution in [0.4, 0.5) is 5.69 Å². The molecule has 3 rings (SSSR count). The molecule has 0 aliphatic heterocycles. The quantitative estimate of drug-likeness (QED) is 0.522. The summed E-state index contributed by atoms with van der Waals surface area (Å²) < 4.78 is 10.5. The van der Waals surface area contributed by atoms with Crippen molar-refractivity contribution in [1.29, 1.82) is 0 Å². The third-order valence-corrected chi connectivity index (χ3v) is 3.79. The SMILES string of the molecule is COc1ccc(NC(N)=NCC(C)c2nc(-c3ccccc3)no2)cc1. The summed E-state index contributed by atoms with van der Waals surface area (Å²) in [7, 11) is 1.63. The monoisotopic (exact) mass is 351 g/mol. The Morgan fingerprint density at radius 1 is 1.19 bits per heavy atom. The fourth-order valence-corrected chi connectivity index (χ4v) is 2.31. The number of nitrogens with zero attached hydrogens (tertiary/aromatic N) is 3. The highest BCUT2D eigenvalue weighted by molar-refractivity contribution is 5.92. The van der Waals surface area contributed by atoms with Crippen LogP contribution in [0, 0.1) is 0 Å². The summed E-state index contributed by atoms with van der Waals surface area (Å²) in [6, 6.07) is 17.1. The van der Waals surface area contributed by atoms with Gasteiger partial charge in [0.2, 0.25) is 11.7 Å². The molecule has 1 heterocycles. The van der Waals surface area contributed by atoms with Gasteiger partial charge < -0.3 is 20.3 Å². The minimum Gasteiger partial charge on any atom is -0.497 e. The highest BCUT2D eigenvalue weighted by Gasteiger charge is 2.15. The number of aromatic nitrogens is 2. The van der Waals surface area contributed by atoms with Crippen LogP contribution in [-0.4, -0.2) is 29.8 Å². The van der Waals surface area contributed by atoms with E-state index in [1.807, 2.05) is 61.5 Å². The predicted molar refractivity (Wildman–Crippen MR) is 101 cm³/mol.